The van der Waals surface area contributed by atoms with E-state index in [-0.39, 0.29) is 0 Å². The lowest BCUT2D eigenvalue weighted by molar-refractivity contribution is 0.669. The Bertz CT molecular complexity index is 3150. The molecule has 238 valence electrons. The van der Waals surface area contributed by atoms with E-state index in [1.54, 1.807) is 0 Å². The lowest BCUT2D eigenvalue weighted by Gasteiger charge is -2.27. The number of fused-ring (bicyclic) bond motifs is 10. The second-order valence-electron chi connectivity index (χ2n) is 13.3. The predicted octanol–water partition coefficient (Wildman–Crippen LogP) is 14.1. The topological polar surface area (TPSA) is 29.5 Å². The van der Waals surface area contributed by atoms with Crippen LogP contribution in [-0.4, -0.2) is 0 Å². The van der Waals surface area contributed by atoms with Gasteiger partial charge in [0, 0.05) is 27.5 Å². The summed E-state index contributed by atoms with van der Waals surface area (Å²) in [5.74, 6) is 0. The molecule has 0 fully saturated rings. The molecule has 0 saturated heterocycles. The first kappa shape index (κ1) is 28.0. The second kappa shape index (κ2) is 10.8. The molecule has 0 saturated carbocycles. The van der Waals surface area contributed by atoms with Crippen molar-refractivity contribution >= 4 is 93.3 Å². The number of hydrogen-bond donors (Lipinski definition) is 0. The van der Waals surface area contributed by atoms with Crippen LogP contribution in [0.1, 0.15) is 0 Å². The van der Waals surface area contributed by atoms with E-state index in [0.29, 0.717) is 0 Å². The van der Waals surface area contributed by atoms with Crippen molar-refractivity contribution in [1.82, 2.24) is 0 Å². The van der Waals surface area contributed by atoms with Crippen LogP contribution in [0.3, 0.4) is 0 Å². The molecule has 0 aliphatic carbocycles. The van der Waals surface area contributed by atoms with Crippen LogP contribution in [0.2, 0.25) is 0 Å². The van der Waals surface area contributed by atoms with Crippen molar-refractivity contribution in [2.75, 3.05) is 4.90 Å². The molecule has 0 aliphatic heterocycles. The SMILES string of the molecule is c1ccc(-c2ccc3cc(N(c4ccc5ccc6cc7oc8ccccc8c7cc6c5c4)c4cccc5oc6ccccc6c45)ccc3c2)cc1. The molecular formula is C48H29NO2. The Morgan fingerprint density at radius 1 is 0.314 bits per heavy atom. The molecule has 0 radical (unpaired) electrons. The van der Waals surface area contributed by atoms with Gasteiger partial charge in [0.25, 0.3) is 0 Å². The van der Waals surface area contributed by atoms with Crippen LogP contribution in [-0.2, 0) is 0 Å². The van der Waals surface area contributed by atoms with Crippen LogP contribution in [0.5, 0.6) is 0 Å². The summed E-state index contributed by atoms with van der Waals surface area (Å²) in [6.45, 7) is 0. The average molecular weight is 652 g/mol. The molecule has 0 bridgehead atoms. The van der Waals surface area contributed by atoms with Crippen molar-refractivity contribution in [2.24, 2.45) is 0 Å². The van der Waals surface area contributed by atoms with Gasteiger partial charge in [0.15, 0.2) is 0 Å². The molecule has 0 aliphatic rings. The third-order valence-corrected chi connectivity index (χ3v) is 10.4. The quantitative estimate of drug-likeness (QED) is 0.177. The summed E-state index contributed by atoms with van der Waals surface area (Å²) in [7, 11) is 0. The number of hydrogen-bond acceptors (Lipinski definition) is 3. The minimum atomic E-state index is 0.868. The number of furan rings is 2. The smallest absolute Gasteiger partial charge is 0.137 e. The molecule has 11 aromatic rings. The molecule has 0 unspecified atom stereocenters. The normalized spacial score (nSPS) is 11.9. The monoisotopic (exact) mass is 651 g/mol. The van der Waals surface area contributed by atoms with Gasteiger partial charge in [-0.1, -0.05) is 109 Å². The summed E-state index contributed by atoms with van der Waals surface area (Å²) in [4.78, 5) is 2.39. The zero-order valence-electron chi connectivity index (χ0n) is 27.5. The maximum Gasteiger partial charge on any atom is 0.137 e. The highest BCUT2D eigenvalue weighted by molar-refractivity contribution is 6.18. The summed E-state index contributed by atoms with van der Waals surface area (Å²) < 4.78 is 12.7. The van der Waals surface area contributed by atoms with Crippen LogP contribution in [0.4, 0.5) is 17.1 Å². The van der Waals surface area contributed by atoms with E-state index in [1.165, 1.54) is 38.1 Å². The first-order valence-corrected chi connectivity index (χ1v) is 17.3. The molecule has 0 amide bonds. The van der Waals surface area contributed by atoms with Crippen molar-refractivity contribution in [2.45, 2.75) is 0 Å². The van der Waals surface area contributed by atoms with Gasteiger partial charge in [-0.25, -0.2) is 0 Å². The van der Waals surface area contributed by atoms with Gasteiger partial charge in [-0.3, -0.25) is 0 Å². The summed E-state index contributed by atoms with van der Waals surface area (Å²) in [6.07, 6.45) is 0. The first-order valence-electron chi connectivity index (χ1n) is 17.3. The van der Waals surface area contributed by atoms with Gasteiger partial charge >= 0.3 is 0 Å². The minimum Gasteiger partial charge on any atom is -0.456 e. The van der Waals surface area contributed by atoms with Crippen LogP contribution in [0.25, 0.3) is 87.3 Å². The fourth-order valence-electron chi connectivity index (χ4n) is 7.95. The van der Waals surface area contributed by atoms with Crippen molar-refractivity contribution in [3.05, 3.63) is 176 Å². The highest BCUT2D eigenvalue weighted by atomic mass is 16.3. The molecule has 2 aromatic heterocycles. The van der Waals surface area contributed by atoms with Crippen molar-refractivity contribution in [1.29, 1.82) is 0 Å². The van der Waals surface area contributed by atoms with Gasteiger partial charge in [-0.2, -0.15) is 0 Å². The molecular weight excluding hydrogens is 623 g/mol. The standard InChI is InChI=1S/C48H29NO2/c1-2-9-30(10-3-1)32-18-19-34-26-36(24-22-33(34)25-32)49(43-13-8-16-46-48(43)39-12-5-7-15-45(39)50-46)37-23-21-31-17-20-35-27-47-42(29-41(35)40(31)28-37)38-11-4-6-14-44(38)51-47/h1-29H. The molecule has 3 nitrogen and oxygen atoms in total. The maximum absolute atomic E-state index is 6.40. The van der Waals surface area contributed by atoms with E-state index >= 15 is 0 Å². The van der Waals surface area contributed by atoms with Crippen molar-refractivity contribution < 1.29 is 8.83 Å². The third kappa shape index (κ3) is 4.38. The van der Waals surface area contributed by atoms with E-state index in [2.05, 4.69) is 157 Å². The molecule has 9 aromatic carbocycles. The van der Waals surface area contributed by atoms with Crippen LogP contribution in [0, 0.1) is 0 Å². The molecule has 0 atom stereocenters. The van der Waals surface area contributed by atoms with Gasteiger partial charge in [-0.15, -0.1) is 0 Å². The number of benzene rings is 9. The van der Waals surface area contributed by atoms with E-state index in [9.17, 15) is 0 Å². The lowest BCUT2D eigenvalue weighted by Crippen LogP contribution is -2.10. The van der Waals surface area contributed by atoms with Crippen molar-refractivity contribution in [3.8, 4) is 11.1 Å². The number of nitrogens with zero attached hydrogens (tertiary/aromatic N) is 1. The Hall–Kier alpha value is -6.84. The molecule has 0 spiro atoms. The summed E-state index contributed by atoms with van der Waals surface area (Å²) in [5, 5.41) is 11.6. The van der Waals surface area contributed by atoms with E-state index in [4.69, 9.17) is 8.83 Å². The van der Waals surface area contributed by atoms with Crippen LogP contribution < -0.4 is 4.90 Å². The Labute approximate surface area is 293 Å². The number of rotatable bonds is 4. The molecule has 0 N–H and O–H groups in total. The van der Waals surface area contributed by atoms with Gasteiger partial charge in [0.1, 0.15) is 22.3 Å². The Morgan fingerprint density at radius 3 is 1.82 bits per heavy atom. The highest BCUT2D eigenvalue weighted by Crippen LogP contribution is 2.45. The van der Waals surface area contributed by atoms with Gasteiger partial charge in [0.05, 0.1) is 11.1 Å². The number of para-hydroxylation sites is 2. The largest absolute Gasteiger partial charge is 0.456 e. The molecule has 2 heterocycles. The van der Waals surface area contributed by atoms with E-state index in [1.807, 2.05) is 24.3 Å². The number of anilines is 3. The van der Waals surface area contributed by atoms with E-state index in [0.717, 1.165) is 66.3 Å². The Balaban J connectivity index is 1.16. The molecule has 11 rings (SSSR count). The lowest BCUT2D eigenvalue weighted by atomic mass is 9.98. The minimum absolute atomic E-state index is 0.868. The summed E-state index contributed by atoms with van der Waals surface area (Å²) in [6, 6.07) is 62.8. The zero-order chi connectivity index (χ0) is 33.5. The van der Waals surface area contributed by atoms with Gasteiger partial charge in [-0.05, 0) is 110 Å². The summed E-state index contributed by atoms with van der Waals surface area (Å²) >= 11 is 0. The fraction of sp³-hybridized carbons (Fsp3) is 0. The molecule has 3 heteroatoms. The molecule has 51 heavy (non-hydrogen) atoms. The average Bonchev–Trinajstić information content (AvgIpc) is 3.75. The van der Waals surface area contributed by atoms with Gasteiger partial charge < -0.3 is 13.7 Å². The highest BCUT2D eigenvalue weighted by Gasteiger charge is 2.20. The third-order valence-electron chi connectivity index (χ3n) is 10.4. The fourth-order valence-corrected chi connectivity index (χ4v) is 7.95. The second-order valence-corrected chi connectivity index (χ2v) is 13.3. The van der Waals surface area contributed by atoms with E-state index < -0.39 is 0 Å². The summed E-state index contributed by atoms with van der Waals surface area (Å²) in [5.41, 5.74) is 9.22. The Morgan fingerprint density at radius 2 is 0.941 bits per heavy atom. The zero-order valence-corrected chi connectivity index (χ0v) is 27.5. The van der Waals surface area contributed by atoms with Gasteiger partial charge in [0.2, 0.25) is 0 Å². The first-order chi connectivity index (χ1) is 25.2. The Kier molecular flexibility index (Phi) is 5.96. The maximum atomic E-state index is 6.40. The van der Waals surface area contributed by atoms with Crippen molar-refractivity contribution in [3.63, 3.8) is 0 Å². The predicted molar refractivity (Wildman–Crippen MR) is 214 cm³/mol. The van der Waals surface area contributed by atoms with Crippen LogP contribution in [0.15, 0.2) is 185 Å². The van der Waals surface area contributed by atoms with Crippen LogP contribution >= 0.6 is 0 Å².